The summed E-state index contributed by atoms with van der Waals surface area (Å²) in [6.07, 6.45) is 0. The molecule has 1 nitrogen and oxygen atoms in total. The molecule has 0 N–H and O–H groups in total. The highest BCUT2D eigenvalue weighted by Gasteiger charge is 2.18. The molecule has 0 amide bonds. The average molecular weight is 723 g/mol. The second-order valence-corrected chi connectivity index (χ2v) is 15.2. The monoisotopic (exact) mass is 722 g/mol. The predicted molar refractivity (Wildman–Crippen MR) is 243 cm³/mol. The summed E-state index contributed by atoms with van der Waals surface area (Å²) in [5, 5.41) is 14.9. The van der Waals surface area contributed by atoms with Crippen molar-refractivity contribution in [1.29, 1.82) is 0 Å². The van der Waals surface area contributed by atoms with Crippen LogP contribution in [0.4, 0.5) is 0 Å². The fourth-order valence-corrected chi connectivity index (χ4v) is 9.37. The minimum Gasteiger partial charge on any atom is -0.456 e. The van der Waals surface area contributed by atoms with Gasteiger partial charge in [-0.1, -0.05) is 164 Å². The van der Waals surface area contributed by atoms with E-state index in [1.54, 1.807) is 0 Å². The average Bonchev–Trinajstić information content (AvgIpc) is 3.65. The molecular weight excluding hydrogens is 689 g/mol. The van der Waals surface area contributed by atoms with Crippen LogP contribution in [0.2, 0.25) is 0 Å². The molecule has 0 bridgehead atoms. The highest BCUT2D eigenvalue weighted by molar-refractivity contribution is 6.22. The van der Waals surface area contributed by atoms with E-state index in [2.05, 4.69) is 194 Å². The van der Waals surface area contributed by atoms with E-state index >= 15 is 0 Å². The van der Waals surface area contributed by atoms with Crippen LogP contribution in [0, 0.1) is 0 Å². The van der Waals surface area contributed by atoms with Crippen molar-refractivity contribution in [3.8, 4) is 44.5 Å². The Morgan fingerprint density at radius 3 is 1.44 bits per heavy atom. The molecular formula is C56H34O. The van der Waals surface area contributed by atoms with Crippen LogP contribution < -0.4 is 0 Å². The zero-order valence-corrected chi connectivity index (χ0v) is 31.0. The molecule has 1 heteroatoms. The van der Waals surface area contributed by atoms with Crippen LogP contribution in [0.25, 0.3) is 120 Å². The first-order valence-corrected chi connectivity index (χ1v) is 19.7. The first-order valence-electron chi connectivity index (χ1n) is 19.7. The van der Waals surface area contributed by atoms with Gasteiger partial charge in [0.25, 0.3) is 0 Å². The van der Waals surface area contributed by atoms with Gasteiger partial charge in [0.1, 0.15) is 11.2 Å². The molecule has 0 spiro atoms. The van der Waals surface area contributed by atoms with Crippen LogP contribution in [0.1, 0.15) is 0 Å². The summed E-state index contributed by atoms with van der Waals surface area (Å²) in [6.45, 7) is 0. The molecule has 0 atom stereocenters. The number of benzene rings is 11. The van der Waals surface area contributed by atoms with Crippen LogP contribution >= 0.6 is 0 Å². The van der Waals surface area contributed by atoms with Crippen molar-refractivity contribution in [3.05, 3.63) is 206 Å². The number of para-hydroxylation sites is 1. The maximum absolute atomic E-state index is 6.11. The molecule has 0 aliphatic carbocycles. The van der Waals surface area contributed by atoms with Crippen molar-refractivity contribution in [2.24, 2.45) is 0 Å². The third kappa shape index (κ3) is 5.03. The van der Waals surface area contributed by atoms with Crippen molar-refractivity contribution in [1.82, 2.24) is 0 Å². The molecule has 11 aromatic carbocycles. The van der Waals surface area contributed by atoms with Gasteiger partial charge in [-0.25, -0.2) is 0 Å². The van der Waals surface area contributed by atoms with E-state index < -0.39 is 0 Å². The van der Waals surface area contributed by atoms with Gasteiger partial charge >= 0.3 is 0 Å². The quantitative estimate of drug-likeness (QED) is 0.130. The van der Waals surface area contributed by atoms with E-state index in [0.717, 1.165) is 21.9 Å². The Bertz CT molecular complexity index is 3530. The second-order valence-electron chi connectivity index (χ2n) is 15.2. The molecule has 0 radical (unpaired) electrons. The van der Waals surface area contributed by atoms with Crippen LogP contribution in [-0.4, -0.2) is 0 Å². The fourth-order valence-electron chi connectivity index (χ4n) is 9.37. The molecule has 12 aromatic rings. The van der Waals surface area contributed by atoms with Crippen molar-refractivity contribution >= 4 is 75.8 Å². The molecule has 0 unspecified atom stereocenters. The van der Waals surface area contributed by atoms with E-state index in [0.29, 0.717) is 0 Å². The standard InChI is InChI=1S/C56H34O/c1-2-15-43-40(12-1)34-51(45-17-4-3-16-44(43)45)39-13-11-14-41(32-39)55-47-19-5-7-21-49(47)56(50-22-8-6-20-48(50)55)42-27-26-35-30-36(24-25-37(35)31-42)38-28-29-54-52(33-38)46-18-9-10-23-53(46)57-54/h1-34H. The van der Waals surface area contributed by atoms with Gasteiger partial charge in [-0.05, 0) is 141 Å². The molecule has 1 aromatic heterocycles. The number of furan rings is 1. The lowest BCUT2D eigenvalue weighted by atomic mass is 9.84. The smallest absolute Gasteiger partial charge is 0.135 e. The van der Waals surface area contributed by atoms with E-state index in [-0.39, 0.29) is 0 Å². The lowest BCUT2D eigenvalue weighted by Crippen LogP contribution is -1.91. The molecule has 57 heavy (non-hydrogen) atoms. The van der Waals surface area contributed by atoms with Gasteiger partial charge in [-0.3, -0.25) is 0 Å². The molecule has 0 aliphatic rings. The summed E-state index contributed by atoms with van der Waals surface area (Å²) in [7, 11) is 0. The van der Waals surface area contributed by atoms with E-state index in [1.165, 1.54) is 98.4 Å². The Morgan fingerprint density at radius 1 is 0.228 bits per heavy atom. The van der Waals surface area contributed by atoms with Gasteiger partial charge in [0.15, 0.2) is 0 Å². The summed E-state index contributed by atoms with van der Waals surface area (Å²) in [5.74, 6) is 0. The summed E-state index contributed by atoms with van der Waals surface area (Å²) in [6, 6.07) is 75.5. The molecule has 264 valence electrons. The maximum atomic E-state index is 6.11. The third-order valence-electron chi connectivity index (χ3n) is 12.0. The SMILES string of the molecule is c1cc(-c2c3ccccc3c(-c3ccc4cc(-c5ccc6oc7ccccc7c6c5)ccc4c3)c3ccccc23)cc(-c2cc3ccccc3c3ccccc23)c1. The summed E-state index contributed by atoms with van der Waals surface area (Å²) in [5.41, 5.74) is 11.7. The van der Waals surface area contributed by atoms with Crippen LogP contribution in [0.3, 0.4) is 0 Å². The molecule has 0 aliphatic heterocycles. The lowest BCUT2D eigenvalue weighted by Gasteiger charge is -2.19. The zero-order valence-electron chi connectivity index (χ0n) is 31.0. The van der Waals surface area contributed by atoms with Crippen LogP contribution in [0.5, 0.6) is 0 Å². The molecule has 0 fully saturated rings. The molecule has 12 rings (SSSR count). The molecule has 1 heterocycles. The van der Waals surface area contributed by atoms with Gasteiger partial charge in [0, 0.05) is 10.8 Å². The largest absolute Gasteiger partial charge is 0.456 e. The number of rotatable bonds is 4. The highest BCUT2D eigenvalue weighted by Crippen LogP contribution is 2.45. The maximum Gasteiger partial charge on any atom is 0.135 e. The molecule has 0 saturated heterocycles. The van der Waals surface area contributed by atoms with Crippen molar-refractivity contribution < 1.29 is 4.42 Å². The van der Waals surface area contributed by atoms with Crippen molar-refractivity contribution in [2.45, 2.75) is 0 Å². The van der Waals surface area contributed by atoms with Gasteiger partial charge in [-0.15, -0.1) is 0 Å². The Hall–Kier alpha value is -7.48. The Labute approximate surface area is 329 Å². The van der Waals surface area contributed by atoms with Gasteiger partial charge in [0.2, 0.25) is 0 Å². The lowest BCUT2D eigenvalue weighted by molar-refractivity contribution is 0.669. The summed E-state index contributed by atoms with van der Waals surface area (Å²) in [4.78, 5) is 0. The van der Waals surface area contributed by atoms with E-state index in [1.807, 2.05) is 12.1 Å². The summed E-state index contributed by atoms with van der Waals surface area (Å²) < 4.78 is 6.11. The van der Waals surface area contributed by atoms with Crippen molar-refractivity contribution in [2.75, 3.05) is 0 Å². The second kappa shape index (κ2) is 12.5. The van der Waals surface area contributed by atoms with Crippen molar-refractivity contribution in [3.63, 3.8) is 0 Å². The van der Waals surface area contributed by atoms with E-state index in [9.17, 15) is 0 Å². The van der Waals surface area contributed by atoms with Crippen LogP contribution in [-0.2, 0) is 0 Å². The topological polar surface area (TPSA) is 13.1 Å². The normalized spacial score (nSPS) is 11.9. The number of hydrogen-bond donors (Lipinski definition) is 0. The Balaban J connectivity index is 1.00. The van der Waals surface area contributed by atoms with Gasteiger partial charge < -0.3 is 4.42 Å². The highest BCUT2D eigenvalue weighted by atomic mass is 16.3. The Morgan fingerprint density at radius 2 is 0.719 bits per heavy atom. The van der Waals surface area contributed by atoms with Crippen LogP contribution in [0.15, 0.2) is 211 Å². The summed E-state index contributed by atoms with van der Waals surface area (Å²) >= 11 is 0. The first kappa shape index (κ1) is 31.8. The first-order chi connectivity index (χ1) is 28.2. The van der Waals surface area contributed by atoms with E-state index in [4.69, 9.17) is 4.42 Å². The molecule has 0 saturated carbocycles. The van der Waals surface area contributed by atoms with Gasteiger partial charge in [-0.2, -0.15) is 0 Å². The van der Waals surface area contributed by atoms with Gasteiger partial charge in [0.05, 0.1) is 0 Å². The number of fused-ring (bicyclic) bond motifs is 9. The number of hydrogen-bond acceptors (Lipinski definition) is 1. The minimum absolute atomic E-state index is 0.919. The third-order valence-corrected chi connectivity index (χ3v) is 12.0. The zero-order chi connectivity index (χ0) is 37.5. The predicted octanol–water partition coefficient (Wildman–Crippen LogP) is 16.0. The minimum atomic E-state index is 0.919. The Kier molecular flexibility index (Phi) is 7.00. The fraction of sp³-hybridized carbons (Fsp3) is 0.